The summed E-state index contributed by atoms with van der Waals surface area (Å²) in [6.45, 7) is 8.32. The van der Waals surface area contributed by atoms with Gasteiger partial charge in [-0.15, -0.1) is 11.3 Å². The maximum atomic E-state index is 14.8. The van der Waals surface area contributed by atoms with Crippen LogP contribution in [-0.2, 0) is 20.9 Å². The van der Waals surface area contributed by atoms with E-state index in [2.05, 4.69) is 15.6 Å². The molecule has 0 radical (unpaired) electrons. The first-order valence-corrected chi connectivity index (χ1v) is 11.9. The van der Waals surface area contributed by atoms with Gasteiger partial charge in [0, 0.05) is 13.5 Å². The molecule has 1 aliphatic heterocycles. The van der Waals surface area contributed by atoms with Crippen LogP contribution in [0.25, 0.3) is 10.4 Å². The van der Waals surface area contributed by atoms with Crippen molar-refractivity contribution in [2.45, 2.75) is 65.5 Å². The molecule has 1 aromatic heterocycles. The van der Waals surface area contributed by atoms with Gasteiger partial charge in [0.1, 0.15) is 18.2 Å². The van der Waals surface area contributed by atoms with Crippen LogP contribution in [0.4, 0.5) is 4.39 Å². The molecule has 3 rings (SSSR count). The zero-order valence-electron chi connectivity index (χ0n) is 20.0. The van der Waals surface area contributed by atoms with Crippen molar-refractivity contribution in [3.63, 3.8) is 0 Å². The molecule has 3 amide bonds. The quantitative estimate of drug-likeness (QED) is 0.575. The number of amides is 3. The molecule has 34 heavy (non-hydrogen) atoms. The standard InChI is InChI=1S/C24H31FN4O4S/c1-13-20(34-12-27-13)16-8-6-15(7-9-16)10-26-22(32)19-18(25)17(31)11-29(19)23(33)21(24(3,4)5)28-14(2)30/h6-9,12,17-19,21,31H,10-11H2,1-5H3,(H,26,32)(H,28,30)/t17-,18+,19-,21?/m0/s1. The van der Waals surface area contributed by atoms with Crippen molar-refractivity contribution in [1.29, 1.82) is 0 Å². The van der Waals surface area contributed by atoms with Crippen LogP contribution in [0.3, 0.4) is 0 Å². The molecular formula is C24H31FN4O4S. The van der Waals surface area contributed by atoms with Crippen LogP contribution in [0.15, 0.2) is 29.8 Å². The lowest BCUT2D eigenvalue weighted by atomic mass is 9.85. The van der Waals surface area contributed by atoms with Gasteiger partial charge in [0.2, 0.25) is 17.7 Å². The number of halogens is 1. The zero-order valence-corrected chi connectivity index (χ0v) is 20.8. The van der Waals surface area contributed by atoms with Crippen LogP contribution in [0, 0.1) is 12.3 Å². The van der Waals surface area contributed by atoms with Crippen molar-refractivity contribution in [2.24, 2.45) is 5.41 Å². The van der Waals surface area contributed by atoms with E-state index in [1.165, 1.54) is 6.92 Å². The smallest absolute Gasteiger partial charge is 0.246 e. The van der Waals surface area contributed by atoms with Crippen molar-refractivity contribution in [1.82, 2.24) is 20.5 Å². The summed E-state index contributed by atoms with van der Waals surface area (Å²) < 4.78 is 14.8. The number of thiazole rings is 1. The predicted octanol–water partition coefficient (Wildman–Crippen LogP) is 2.20. The normalized spacial score (nSPS) is 21.3. The molecule has 1 aromatic carbocycles. The average molecular weight is 491 g/mol. The SMILES string of the molecule is CC(=O)NC(C(=O)N1C[C@H](O)[C@@H](F)[C@H]1C(=O)NCc1ccc(-c2scnc2C)cc1)C(C)(C)C. The maximum absolute atomic E-state index is 14.8. The molecule has 8 nitrogen and oxygen atoms in total. The predicted molar refractivity (Wildman–Crippen MR) is 128 cm³/mol. The minimum atomic E-state index is -1.93. The number of β-amino-alcohol motifs (C(OH)–C–C–N with tert-alkyl or cyclic N) is 1. The summed E-state index contributed by atoms with van der Waals surface area (Å²) in [5.74, 6) is -1.72. The van der Waals surface area contributed by atoms with Crippen LogP contribution in [0.1, 0.15) is 39.0 Å². The first kappa shape index (κ1) is 25.8. The number of aromatic nitrogens is 1. The summed E-state index contributed by atoms with van der Waals surface area (Å²) in [5, 5.41) is 15.4. The van der Waals surface area contributed by atoms with Gasteiger partial charge < -0.3 is 20.6 Å². The largest absolute Gasteiger partial charge is 0.388 e. The van der Waals surface area contributed by atoms with E-state index in [0.29, 0.717) is 0 Å². The van der Waals surface area contributed by atoms with Gasteiger partial charge in [0.15, 0.2) is 6.17 Å². The number of carbonyl (C=O) groups excluding carboxylic acids is 3. The Morgan fingerprint density at radius 3 is 2.44 bits per heavy atom. The Hall–Kier alpha value is -2.85. The van der Waals surface area contributed by atoms with Crippen molar-refractivity contribution >= 4 is 29.1 Å². The Kier molecular flexibility index (Phi) is 7.72. The molecule has 1 fully saturated rings. The number of hydrogen-bond acceptors (Lipinski definition) is 6. The van der Waals surface area contributed by atoms with Gasteiger partial charge in [-0.05, 0) is 23.5 Å². The van der Waals surface area contributed by atoms with Crippen LogP contribution in [0.2, 0.25) is 0 Å². The number of nitrogens with one attached hydrogen (secondary N) is 2. The van der Waals surface area contributed by atoms with Crippen LogP contribution < -0.4 is 10.6 Å². The highest BCUT2D eigenvalue weighted by Crippen LogP contribution is 2.29. The van der Waals surface area contributed by atoms with Gasteiger partial charge in [-0.1, -0.05) is 45.0 Å². The van der Waals surface area contributed by atoms with E-state index in [1.54, 1.807) is 37.6 Å². The summed E-state index contributed by atoms with van der Waals surface area (Å²) >= 11 is 1.54. The Balaban J connectivity index is 1.72. The summed E-state index contributed by atoms with van der Waals surface area (Å²) in [5.41, 5.74) is 3.86. The second-order valence-corrected chi connectivity index (χ2v) is 10.5. The Morgan fingerprint density at radius 1 is 1.26 bits per heavy atom. The maximum Gasteiger partial charge on any atom is 0.246 e. The number of benzene rings is 1. The number of rotatable bonds is 6. The molecule has 3 N–H and O–H groups in total. The lowest BCUT2D eigenvalue weighted by molar-refractivity contribution is -0.144. The molecule has 0 saturated carbocycles. The van der Waals surface area contributed by atoms with E-state index in [9.17, 15) is 23.9 Å². The fourth-order valence-corrected chi connectivity index (χ4v) is 4.79. The molecule has 4 atom stereocenters. The van der Waals surface area contributed by atoms with Gasteiger partial charge in [-0.25, -0.2) is 9.37 Å². The highest BCUT2D eigenvalue weighted by atomic mass is 32.1. The summed E-state index contributed by atoms with van der Waals surface area (Å²) in [4.78, 5) is 44.2. The minimum absolute atomic E-state index is 0.135. The van der Waals surface area contributed by atoms with Gasteiger partial charge in [-0.2, -0.15) is 0 Å². The lowest BCUT2D eigenvalue weighted by Gasteiger charge is -2.35. The summed E-state index contributed by atoms with van der Waals surface area (Å²) in [6, 6.07) is 5.12. The van der Waals surface area contributed by atoms with E-state index >= 15 is 0 Å². The number of carbonyl (C=O) groups is 3. The van der Waals surface area contributed by atoms with E-state index in [-0.39, 0.29) is 13.1 Å². The third kappa shape index (κ3) is 5.61. The molecule has 2 heterocycles. The van der Waals surface area contributed by atoms with Gasteiger partial charge in [0.05, 0.1) is 22.6 Å². The average Bonchev–Trinajstić information content (AvgIpc) is 3.32. The zero-order chi connectivity index (χ0) is 25.2. The number of nitrogens with zero attached hydrogens (tertiary/aromatic N) is 2. The number of aliphatic hydroxyl groups is 1. The highest BCUT2D eigenvalue weighted by molar-refractivity contribution is 7.13. The number of aryl methyl sites for hydroxylation is 1. The molecule has 2 aromatic rings. The van der Waals surface area contributed by atoms with Crippen LogP contribution >= 0.6 is 11.3 Å². The molecule has 0 bridgehead atoms. The second-order valence-electron chi connectivity index (χ2n) is 9.63. The van der Waals surface area contributed by atoms with E-state index < -0.39 is 47.5 Å². The van der Waals surface area contributed by atoms with Crippen molar-refractivity contribution in [2.75, 3.05) is 6.54 Å². The Morgan fingerprint density at radius 2 is 1.91 bits per heavy atom. The first-order chi connectivity index (χ1) is 15.9. The molecule has 0 spiro atoms. The topological polar surface area (TPSA) is 112 Å². The molecule has 10 heteroatoms. The molecule has 0 aliphatic carbocycles. The molecular weight excluding hydrogens is 459 g/mol. The number of alkyl halides is 1. The van der Waals surface area contributed by atoms with Gasteiger partial charge >= 0.3 is 0 Å². The lowest BCUT2D eigenvalue weighted by Crippen LogP contribution is -2.58. The third-order valence-electron chi connectivity index (χ3n) is 5.83. The molecule has 1 saturated heterocycles. The number of likely N-dealkylation sites (tertiary alicyclic amines) is 1. The van der Waals surface area contributed by atoms with E-state index in [4.69, 9.17) is 0 Å². The Bertz CT molecular complexity index is 1050. The number of aliphatic hydroxyl groups excluding tert-OH is 1. The molecule has 184 valence electrons. The van der Waals surface area contributed by atoms with Gasteiger partial charge in [-0.3, -0.25) is 14.4 Å². The summed E-state index contributed by atoms with van der Waals surface area (Å²) in [7, 11) is 0. The minimum Gasteiger partial charge on any atom is -0.388 e. The van der Waals surface area contributed by atoms with Crippen LogP contribution in [0.5, 0.6) is 0 Å². The number of hydrogen-bond donors (Lipinski definition) is 3. The van der Waals surface area contributed by atoms with E-state index in [1.807, 2.05) is 31.2 Å². The third-order valence-corrected chi connectivity index (χ3v) is 6.81. The first-order valence-electron chi connectivity index (χ1n) is 11.1. The van der Waals surface area contributed by atoms with Crippen LogP contribution in [-0.4, -0.2) is 63.6 Å². The molecule has 1 aliphatic rings. The molecule has 1 unspecified atom stereocenters. The second kappa shape index (κ2) is 10.2. The Labute approximate surface area is 202 Å². The summed E-state index contributed by atoms with van der Waals surface area (Å²) in [6.07, 6.45) is -3.42. The fourth-order valence-electron chi connectivity index (χ4n) is 3.98. The van der Waals surface area contributed by atoms with Crippen molar-refractivity contribution in [3.8, 4) is 10.4 Å². The van der Waals surface area contributed by atoms with E-state index in [0.717, 1.165) is 26.6 Å². The fraction of sp³-hybridized carbons (Fsp3) is 0.500. The van der Waals surface area contributed by atoms with Crippen molar-refractivity contribution < 1.29 is 23.9 Å². The monoisotopic (exact) mass is 490 g/mol. The van der Waals surface area contributed by atoms with Gasteiger partial charge in [0.25, 0.3) is 0 Å². The van der Waals surface area contributed by atoms with Crippen molar-refractivity contribution in [3.05, 3.63) is 41.0 Å². The highest BCUT2D eigenvalue weighted by Gasteiger charge is 2.50.